The number of carbonyl (C=O) groups is 1. The first-order valence-corrected chi connectivity index (χ1v) is 10.5. The molecule has 2 saturated heterocycles. The van der Waals surface area contributed by atoms with Crippen LogP contribution < -0.4 is 4.90 Å². The molecule has 2 aliphatic heterocycles. The SMILES string of the molecule is CC[C@@H](C)C(=O)N=C1S[C@H]2CS(=O)(=O)C[C@H]2N1c1ccc(F)cc1. The molecule has 0 unspecified atom stereocenters. The summed E-state index contributed by atoms with van der Waals surface area (Å²) in [5.74, 6) is -0.655. The first-order valence-electron chi connectivity index (χ1n) is 7.85. The molecule has 24 heavy (non-hydrogen) atoms. The first-order chi connectivity index (χ1) is 11.3. The molecular formula is C16H19FN2O3S2. The van der Waals surface area contributed by atoms with Gasteiger partial charge in [-0.25, -0.2) is 12.8 Å². The van der Waals surface area contributed by atoms with E-state index in [1.807, 2.05) is 13.8 Å². The van der Waals surface area contributed by atoms with Crippen LogP contribution in [0.5, 0.6) is 0 Å². The lowest BCUT2D eigenvalue weighted by Gasteiger charge is -2.24. The standard InChI is InChI=1S/C16H19FN2O3S2/c1-3-10(2)15(20)18-16-19(12-6-4-11(17)5-7-12)13-8-24(21,22)9-14(13)23-16/h4-7,10,13-14H,3,8-9H2,1-2H3/t10-,13-,14+/m1/s1. The molecule has 130 valence electrons. The smallest absolute Gasteiger partial charge is 0.250 e. The van der Waals surface area contributed by atoms with Gasteiger partial charge in [0.25, 0.3) is 5.91 Å². The number of aliphatic imine (C=N–C) groups is 1. The summed E-state index contributed by atoms with van der Waals surface area (Å²) >= 11 is 1.33. The molecule has 2 heterocycles. The Labute approximate surface area is 145 Å². The fraction of sp³-hybridized carbons (Fsp3) is 0.500. The van der Waals surface area contributed by atoms with Gasteiger partial charge in [0, 0.05) is 16.9 Å². The predicted octanol–water partition coefficient (Wildman–Crippen LogP) is 2.47. The van der Waals surface area contributed by atoms with E-state index in [-0.39, 0.29) is 40.4 Å². The molecule has 8 heteroatoms. The lowest BCUT2D eigenvalue weighted by molar-refractivity contribution is -0.121. The average Bonchev–Trinajstić information content (AvgIpc) is 2.98. The van der Waals surface area contributed by atoms with Gasteiger partial charge in [-0.2, -0.15) is 4.99 Å². The number of hydrogen-bond donors (Lipinski definition) is 0. The molecule has 3 atom stereocenters. The van der Waals surface area contributed by atoms with E-state index < -0.39 is 9.84 Å². The topological polar surface area (TPSA) is 66.8 Å². The van der Waals surface area contributed by atoms with Crippen molar-refractivity contribution in [3.63, 3.8) is 0 Å². The lowest BCUT2D eigenvalue weighted by atomic mass is 10.1. The van der Waals surface area contributed by atoms with Crippen LogP contribution in [0, 0.1) is 11.7 Å². The van der Waals surface area contributed by atoms with E-state index in [1.54, 1.807) is 17.0 Å². The number of halogens is 1. The second kappa shape index (κ2) is 6.48. The minimum Gasteiger partial charge on any atom is -0.316 e. The number of hydrogen-bond acceptors (Lipinski definition) is 4. The number of anilines is 1. The zero-order valence-corrected chi connectivity index (χ0v) is 15.1. The maximum absolute atomic E-state index is 13.2. The van der Waals surface area contributed by atoms with Crippen LogP contribution in [-0.2, 0) is 14.6 Å². The van der Waals surface area contributed by atoms with Crippen LogP contribution in [0.2, 0.25) is 0 Å². The van der Waals surface area contributed by atoms with Gasteiger partial charge in [0.2, 0.25) is 0 Å². The summed E-state index contributed by atoms with van der Waals surface area (Å²) in [4.78, 5) is 18.2. The Kier molecular flexibility index (Phi) is 4.70. The highest BCUT2D eigenvalue weighted by atomic mass is 32.2. The lowest BCUT2D eigenvalue weighted by Crippen LogP contribution is -2.37. The summed E-state index contributed by atoms with van der Waals surface area (Å²) in [7, 11) is -3.10. The van der Waals surface area contributed by atoms with E-state index in [9.17, 15) is 17.6 Å². The van der Waals surface area contributed by atoms with Crippen LogP contribution in [0.15, 0.2) is 29.3 Å². The molecule has 0 aromatic heterocycles. The van der Waals surface area contributed by atoms with Gasteiger partial charge in [-0.05, 0) is 30.7 Å². The monoisotopic (exact) mass is 370 g/mol. The van der Waals surface area contributed by atoms with Crippen molar-refractivity contribution in [3.05, 3.63) is 30.1 Å². The maximum Gasteiger partial charge on any atom is 0.250 e. The minimum atomic E-state index is -3.10. The van der Waals surface area contributed by atoms with Crippen molar-refractivity contribution in [3.8, 4) is 0 Å². The fourth-order valence-electron chi connectivity index (χ4n) is 2.85. The molecule has 0 radical (unpaired) electrons. The zero-order valence-electron chi connectivity index (χ0n) is 13.5. The van der Waals surface area contributed by atoms with Crippen LogP contribution in [0.4, 0.5) is 10.1 Å². The summed E-state index contributed by atoms with van der Waals surface area (Å²) in [5, 5.41) is 0.361. The van der Waals surface area contributed by atoms with Gasteiger partial charge in [0.15, 0.2) is 15.0 Å². The third kappa shape index (κ3) is 3.35. The molecule has 1 amide bonds. The average molecular weight is 370 g/mol. The molecule has 0 aliphatic carbocycles. The summed E-state index contributed by atoms with van der Waals surface area (Å²) in [5.41, 5.74) is 0.657. The van der Waals surface area contributed by atoms with Crippen molar-refractivity contribution in [2.24, 2.45) is 10.9 Å². The van der Waals surface area contributed by atoms with E-state index in [1.165, 1.54) is 23.9 Å². The van der Waals surface area contributed by atoms with Crippen molar-refractivity contribution in [2.45, 2.75) is 31.6 Å². The second-order valence-corrected chi connectivity index (χ2v) is 9.55. The van der Waals surface area contributed by atoms with E-state index >= 15 is 0 Å². The highest BCUT2D eigenvalue weighted by Crippen LogP contribution is 2.41. The molecule has 1 aromatic rings. The molecule has 2 fully saturated rings. The van der Waals surface area contributed by atoms with Gasteiger partial charge in [-0.15, -0.1) is 0 Å². The Bertz CT molecular complexity index is 777. The number of amidine groups is 1. The van der Waals surface area contributed by atoms with Crippen molar-refractivity contribution < 1.29 is 17.6 Å². The molecular weight excluding hydrogens is 351 g/mol. The summed E-state index contributed by atoms with van der Waals surface area (Å²) in [6, 6.07) is 5.56. The maximum atomic E-state index is 13.2. The van der Waals surface area contributed by atoms with Crippen molar-refractivity contribution in [2.75, 3.05) is 16.4 Å². The van der Waals surface area contributed by atoms with Gasteiger partial charge in [0.1, 0.15) is 5.82 Å². The zero-order chi connectivity index (χ0) is 17.5. The number of fused-ring (bicyclic) bond motifs is 1. The van der Waals surface area contributed by atoms with Crippen LogP contribution >= 0.6 is 11.8 Å². The number of carbonyl (C=O) groups excluding carboxylic acids is 1. The largest absolute Gasteiger partial charge is 0.316 e. The number of amides is 1. The Morgan fingerprint density at radius 3 is 2.67 bits per heavy atom. The highest BCUT2D eigenvalue weighted by Gasteiger charge is 2.49. The Morgan fingerprint density at radius 1 is 1.38 bits per heavy atom. The third-order valence-electron chi connectivity index (χ3n) is 4.41. The van der Waals surface area contributed by atoms with Gasteiger partial charge in [-0.1, -0.05) is 25.6 Å². The first kappa shape index (κ1) is 17.4. The molecule has 2 aliphatic rings. The Balaban J connectivity index is 1.98. The van der Waals surface area contributed by atoms with Crippen molar-refractivity contribution >= 4 is 38.4 Å². The summed E-state index contributed by atoms with van der Waals surface area (Å²) < 4.78 is 37.1. The molecule has 3 rings (SSSR count). The molecule has 5 nitrogen and oxygen atoms in total. The highest BCUT2D eigenvalue weighted by molar-refractivity contribution is 8.16. The van der Waals surface area contributed by atoms with Crippen molar-refractivity contribution in [1.29, 1.82) is 0 Å². The van der Waals surface area contributed by atoms with Gasteiger partial charge < -0.3 is 4.90 Å². The van der Waals surface area contributed by atoms with E-state index in [0.717, 1.165) is 0 Å². The predicted molar refractivity (Wildman–Crippen MR) is 94.6 cm³/mol. The van der Waals surface area contributed by atoms with E-state index in [4.69, 9.17) is 0 Å². The fourth-order valence-corrected chi connectivity index (χ4v) is 6.77. The van der Waals surface area contributed by atoms with Gasteiger partial charge in [0.05, 0.1) is 17.5 Å². The van der Waals surface area contributed by atoms with Crippen LogP contribution in [0.1, 0.15) is 20.3 Å². The molecule has 0 saturated carbocycles. The molecule has 0 spiro atoms. The van der Waals surface area contributed by atoms with Crippen molar-refractivity contribution in [1.82, 2.24) is 0 Å². The quantitative estimate of drug-likeness (QED) is 0.818. The molecule has 1 aromatic carbocycles. The Hall–Kier alpha value is -1.41. The third-order valence-corrected chi connectivity index (χ3v) is 7.62. The van der Waals surface area contributed by atoms with E-state index in [0.29, 0.717) is 17.3 Å². The summed E-state index contributed by atoms with van der Waals surface area (Å²) in [6.07, 6.45) is 0.693. The molecule has 0 bridgehead atoms. The number of benzene rings is 1. The summed E-state index contributed by atoms with van der Waals surface area (Å²) in [6.45, 7) is 3.74. The molecule has 0 N–H and O–H groups in total. The van der Waals surface area contributed by atoms with Crippen LogP contribution in [0.25, 0.3) is 0 Å². The second-order valence-electron chi connectivity index (χ2n) is 6.19. The normalized spacial score (nSPS) is 28.1. The number of sulfone groups is 1. The van der Waals surface area contributed by atoms with Crippen LogP contribution in [0.3, 0.4) is 0 Å². The van der Waals surface area contributed by atoms with E-state index in [2.05, 4.69) is 4.99 Å². The van der Waals surface area contributed by atoms with Gasteiger partial charge in [-0.3, -0.25) is 4.79 Å². The van der Waals surface area contributed by atoms with Gasteiger partial charge >= 0.3 is 0 Å². The minimum absolute atomic E-state index is 0.0264. The number of rotatable bonds is 3. The number of thioether (sulfide) groups is 1. The van der Waals surface area contributed by atoms with Crippen LogP contribution in [-0.4, -0.2) is 42.3 Å². The number of nitrogens with zero attached hydrogens (tertiary/aromatic N) is 2. The Morgan fingerprint density at radius 2 is 2.04 bits per heavy atom.